The second-order valence-electron chi connectivity index (χ2n) is 7.54. The van der Waals surface area contributed by atoms with Crippen LogP contribution in [-0.2, 0) is 0 Å². The van der Waals surface area contributed by atoms with Crippen molar-refractivity contribution in [2.24, 2.45) is 5.92 Å². The number of benzene rings is 1. The lowest BCUT2D eigenvalue weighted by Crippen LogP contribution is -2.54. The van der Waals surface area contributed by atoms with Crippen LogP contribution in [0.15, 0.2) is 24.3 Å². The monoisotopic (exact) mass is 341 g/mol. The summed E-state index contributed by atoms with van der Waals surface area (Å²) in [4.78, 5) is 4.62. The van der Waals surface area contributed by atoms with Gasteiger partial charge in [-0.3, -0.25) is 4.90 Å². The number of hydrogen-bond acceptors (Lipinski definition) is 4. The van der Waals surface area contributed by atoms with E-state index in [1.54, 1.807) is 0 Å². The summed E-state index contributed by atoms with van der Waals surface area (Å²) in [6.45, 7) is 7.60. The zero-order chi connectivity index (χ0) is 17.9. The summed E-state index contributed by atoms with van der Waals surface area (Å²) < 4.78 is 0. The van der Waals surface area contributed by atoms with Gasteiger partial charge in [0.05, 0.1) is 18.2 Å². The van der Waals surface area contributed by atoms with Crippen LogP contribution < -0.4 is 4.90 Å². The second-order valence-corrected chi connectivity index (χ2v) is 7.54. The van der Waals surface area contributed by atoms with Gasteiger partial charge in [-0.25, -0.2) is 0 Å². The molecule has 0 bridgehead atoms. The Balaban J connectivity index is 1.91. The molecule has 3 atom stereocenters. The van der Waals surface area contributed by atoms with Crippen LogP contribution in [0.2, 0.25) is 0 Å². The molecule has 0 radical (unpaired) electrons. The fourth-order valence-corrected chi connectivity index (χ4v) is 4.92. The molecule has 0 spiro atoms. The number of rotatable bonds is 5. The molecule has 0 unspecified atom stereocenters. The van der Waals surface area contributed by atoms with Crippen molar-refractivity contribution in [2.45, 2.75) is 57.6 Å². The summed E-state index contributed by atoms with van der Waals surface area (Å²) in [6, 6.07) is 11.3. The molecule has 2 aliphatic rings. The van der Waals surface area contributed by atoms with E-state index < -0.39 is 5.60 Å². The van der Waals surface area contributed by atoms with Crippen LogP contribution >= 0.6 is 0 Å². The summed E-state index contributed by atoms with van der Waals surface area (Å²) in [5.41, 5.74) is 1.94. The Labute approximate surface area is 152 Å². The molecule has 1 saturated heterocycles. The highest BCUT2D eigenvalue weighted by Gasteiger charge is 2.48. The van der Waals surface area contributed by atoms with Gasteiger partial charge in [0.25, 0.3) is 0 Å². The van der Waals surface area contributed by atoms with Crippen molar-refractivity contribution < 1.29 is 5.11 Å². The van der Waals surface area contributed by atoms with Crippen molar-refractivity contribution in [3.63, 3.8) is 0 Å². The number of aliphatic hydroxyl groups is 1. The van der Waals surface area contributed by atoms with Crippen molar-refractivity contribution in [3.8, 4) is 6.07 Å². The molecule has 1 N–H and O–H groups in total. The van der Waals surface area contributed by atoms with E-state index in [0.29, 0.717) is 6.54 Å². The predicted octanol–water partition coefficient (Wildman–Crippen LogP) is 3.72. The third-order valence-corrected chi connectivity index (χ3v) is 6.31. The van der Waals surface area contributed by atoms with Crippen LogP contribution in [0.25, 0.3) is 0 Å². The van der Waals surface area contributed by atoms with Gasteiger partial charge in [0.2, 0.25) is 0 Å². The van der Waals surface area contributed by atoms with E-state index >= 15 is 0 Å². The van der Waals surface area contributed by atoms with Crippen LogP contribution in [0.3, 0.4) is 0 Å². The first-order valence-corrected chi connectivity index (χ1v) is 9.81. The minimum Gasteiger partial charge on any atom is -0.389 e. The van der Waals surface area contributed by atoms with Gasteiger partial charge in [0, 0.05) is 37.3 Å². The van der Waals surface area contributed by atoms with E-state index in [1.807, 2.05) is 0 Å². The average Bonchev–Trinajstić information content (AvgIpc) is 2.64. The number of nitriles is 1. The fourth-order valence-electron chi connectivity index (χ4n) is 4.92. The van der Waals surface area contributed by atoms with E-state index in [0.717, 1.165) is 45.3 Å². The van der Waals surface area contributed by atoms with Gasteiger partial charge in [-0.1, -0.05) is 25.0 Å². The van der Waals surface area contributed by atoms with Crippen LogP contribution in [0.4, 0.5) is 5.69 Å². The lowest BCUT2D eigenvalue weighted by Gasteiger charge is -2.52. The first-order chi connectivity index (χ1) is 12.1. The van der Waals surface area contributed by atoms with E-state index in [9.17, 15) is 10.4 Å². The van der Waals surface area contributed by atoms with Gasteiger partial charge in [0.1, 0.15) is 0 Å². The fraction of sp³-hybridized carbons (Fsp3) is 0.667. The number of likely N-dealkylation sites (tertiary alicyclic amines) is 1. The van der Waals surface area contributed by atoms with Gasteiger partial charge in [-0.15, -0.1) is 0 Å². The smallest absolute Gasteiger partial charge is 0.0871 e. The molecule has 3 rings (SSSR count). The van der Waals surface area contributed by atoms with Gasteiger partial charge >= 0.3 is 0 Å². The predicted molar refractivity (Wildman–Crippen MR) is 101 cm³/mol. The molecule has 1 heterocycles. The van der Waals surface area contributed by atoms with Gasteiger partial charge < -0.3 is 10.0 Å². The molecule has 136 valence electrons. The molecule has 4 nitrogen and oxygen atoms in total. The standard InChI is InChI=1S/C21H31N3O/c1-3-23(4-2)18-10-8-17(9-11-18)20-19-7-5-6-12-21(19,25)13-15-24(20)16-14-22/h8-11,19-20,25H,3-7,12-13,15-16H2,1-2H3/t19-,20+,21+/m1/s1. The topological polar surface area (TPSA) is 50.5 Å². The Morgan fingerprint density at radius 1 is 1.20 bits per heavy atom. The van der Waals surface area contributed by atoms with Gasteiger partial charge in [0.15, 0.2) is 0 Å². The average molecular weight is 341 g/mol. The Kier molecular flexibility index (Phi) is 5.66. The lowest BCUT2D eigenvalue weighted by atomic mass is 9.66. The Morgan fingerprint density at radius 2 is 1.92 bits per heavy atom. The number of nitrogens with zero attached hydrogens (tertiary/aromatic N) is 3. The zero-order valence-corrected chi connectivity index (χ0v) is 15.6. The van der Waals surface area contributed by atoms with E-state index in [1.165, 1.54) is 17.7 Å². The van der Waals surface area contributed by atoms with Crippen LogP contribution in [0, 0.1) is 17.2 Å². The third-order valence-electron chi connectivity index (χ3n) is 6.31. The molecule has 1 aliphatic heterocycles. The SMILES string of the molecule is CCN(CC)c1ccc([C@H]2[C@H]3CCCC[C@]3(O)CCN2CC#N)cc1. The minimum atomic E-state index is -0.549. The van der Waals surface area contributed by atoms with Crippen LogP contribution in [0.5, 0.6) is 0 Å². The summed E-state index contributed by atoms with van der Waals surface area (Å²) in [5.74, 6) is 0.239. The maximum atomic E-state index is 11.2. The maximum Gasteiger partial charge on any atom is 0.0871 e. The molecular weight excluding hydrogens is 310 g/mol. The molecule has 0 aromatic heterocycles. The summed E-state index contributed by atoms with van der Waals surface area (Å²) in [7, 11) is 0. The first kappa shape index (κ1) is 18.2. The van der Waals surface area contributed by atoms with Crippen molar-refractivity contribution in [1.82, 2.24) is 4.90 Å². The normalized spacial score (nSPS) is 29.7. The van der Waals surface area contributed by atoms with E-state index in [-0.39, 0.29) is 12.0 Å². The Morgan fingerprint density at radius 3 is 2.56 bits per heavy atom. The highest BCUT2D eigenvalue weighted by molar-refractivity contribution is 5.48. The van der Waals surface area contributed by atoms with Crippen LogP contribution in [-0.4, -0.2) is 41.8 Å². The molecule has 4 heteroatoms. The number of piperidine rings is 1. The van der Waals surface area contributed by atoms with Crippen molar-refractivity contribution in [1.29, 1.82) is 5.26 Å². The summed E-state index contributed by atoms with van der Waals surface area (Å²) in [5, 5.41) is 20.5. The first-order valence-electron chi connectivity index (χ1n) is 9.81. The second kappa shape index (κ2) is 7.76. The van der Waals surface area contributed by atoms with Crippen molar-refractivity contribution >= 4 is 5.69 Å². The minimum absolute atomic E-state index is 0.157. The molecule has 1 aromatic rings. The van der Waals surface area contributed by atoms with Crippen LogP contribution in [0.1, 0.15) is 57.6 Å². The quantitative estimate of drug-likeness (QED) is 0.829. The van der Waals surface area contributed by atoms with E-state index in [4.69, 9.17) is 0 Å². The highest BCUT2D eigenvalue weighted by atomic mass is 16.3. The van der Waals surface area contributed by atoms with Crippen molar-refractivity contribution in [2.75, 3.05) is 31.1 Å². The summed E-state index contributed by atoms with van der Waals surface area (Å²) >= 11 is 0. The largest absolute Gasteiger partial charge is 0.389 e. The molecule has 0 amide bonds. The number of fused-ring (bicyclic) bond motifs is 1. The maximum absolute atomic E-state index is 11.2. The Hall–Kier alpha value is -1.57. The third kappa shape index (κ3) is 3.54. The van der Waals surface area contributed by atoms with Gasteiger partial charge in [-0.05, 0) is 50.8 Å². The summed E-state index contributed by atoms with van der Waals surface area (Å²) in [6.07, 6.45) is 5.07. The Bertz CT molecular complexity index is 605. The number of anilines is 1. The molecule has 1 aliphatic carbocycles. The lowest BCUT2D eigenvalue weighted by molar-refractivity contribution is -0.121. The van der Waals surface area contributed by atoms with E-state index in [2.05, 4.69) is 54.0 Å². The van der Waals surface area contributed by atoms with Crippen molar-refractivity contribution in [3.05, 3.63) is 29.8 Å². The molecule has 1 aromatic carbocycles. The number of hydrogen-bond donors (Lipinski definition) is 1. The van der Waals surface area contributed by atoms with Gasteiger partial charge in [-0.2, -0.15) is 5.26 Å². The zero-order valence-electron chi connectivity index (χ0n) is 15.6. The molecule has 2 fully saturated rings. The highest BCUT2D eigenvalue weighted by Crippen LogP contribution is 2.49. The molecule has 1 saturated carbocycles. The molecule has 25 heavy (non-hydrogen) atoms. The molecular formula is C21H31N3O.